The molecule has 0 spiro atoms. The van der Waals surface area contributed by atoms with Gasteiger partial charge in [-0.3, -0.25) is 33.7 Å². The maximum atomic E-state index is 12.5. The molecule has 6 N–H and O–H groups in total. The van der Waals surface area contributed by atoms with Crippen molar-refractivity contribution in [2.45, 2.75) is 110 Å². The highest BCUT2D eigenvalue weighted by Gasteiger charge is 2.18. The lowest BCUT2D eigenvalue weighted by molar-refractivity contribution is -0.118. The van der Waals surface area contributed by atoms with Crippen molar-refractivity contribution in [1.29, 1.82) is 0 Å². The molecule has 3 fully saturated rings. The third-order valence-electron chi connectivity index (χ3n) is 17.9. The molecular weight excluding hydrogens is 1390 g/mol. The normalized spacial score (nSPS) is 13.9. The van der Waals surface area contributed by atoms with E-state index in [1.807, 2.05) is 97.1 Å². The van der Waals surface area contributed by atoms with Crippen LogP contribution in [0.15, 0.2) is 146 Å². The minimum absolute atomic E-state index is 0.00667. The summed E-state index contributed by atoms with van der Waals surface area (Å²) >= 11 is 29.4. The molecule has 23 heteroatoms. The standard InChI is InChI=1S/C28H39ClN4O2.C26H34Cl2N4O2.C25H32Cl2N4O2/c1-2-17-33(21-16-29)26-14-8-23(9-15-26)22-28(35)31-25-12-10-24(11-13-25)30-27(34)7-6-20-32-18-4-3-5-19-32;27-13-18-32(19-14-28)24-10-4-21(5-11-24)20-26(34)30-23-8-6-22(7-9-23)29-25(33)12-17-31-15-2-1-3-16-31;26-12-16-31(17-13-27)23-10-4-20(5-11-23)18-24(32)28-21-6-8-22(9-7-21)29-25(33)19-30-14-2-1-3-15-30/h8-15H,2-7,16-22H2,1H3,(H,30,34)(H,31,35);4-11H,1-3,12-20H2,(H,29,33)(H,30,34);4-11H,1-3,12-19H2,(H,28,32)(H,29,33). The number of carbonyl (C=O) groups is 6. The van der Waals surface area contributed by atoms with Crippen molar-refractivity contribution in [1.82, 2.24) is 14.7 Å². The highest BCUT2D eigenvalue weighted by Crippen LogP contribution is 2.23. The van der Waals surface area contributed by atoms with Gasteiger partial charge in [0.25, 0.3) is 0 Å². The summed E-state index contributed by atoms with van der Waals surface area (Å²) in [6.07, 6.45) is 15.0. The quantitative estimate of drug-likeness (QED) is 0.0204. The lowest BCUT2D eigenvalue weighted by atomic mass is 10.1. The van der Waals surface area contributed by atoms with Gasteiger partial charge in [0.15, 0.2) is 0 Å². The predicted octanol–water partition coefficient (Wildman–Crippen LogP) is 15.1. The number of halogens is 5. The average molecular weight is 1500 g/mol. The van der Waals surface area contributed by atoms with Gasteiger partial charge >= 0.3 is 0 Å². The van der Waals surface area contributed by atoms with Crippen LogP contribution in [0.25, 0.3) is 0 Å². The van der Waals surface area contributed by atoms with Crippen LogP contribution in [0.2, 0.25) is 0 Å². The van der Waals surface area contributed by atoms with Crippen LogP contribution in [-0.2, 0) is 48.0 Å². The molecule has 0 unspecified atom stereocenters. The Bertz CT molecular complexity index is 3400. The van der Waals surface area contributed by atoms with E-state index in [2.05, 4.69) is 80.4 Å². The molecule has 6 aromatic rings. The molecule has 3 saturated heterocycles. The Balaban J connectivity index is 0.000000215. The molecule has 18 nitrogen and oxygen atoms in total. The van der Waals surface area contributed by atoms with Gasteiger partial charge in [0, 0.05) is 139 Å². The van der Waals surface area contributed by atoms with Gasteiger partial charge in [-0.15, -0.1) is 58.0 Å². The number of carbonyl (C=O) groups excluding carboxylic acids is 6. The van der Waals surface area contributed by atoms with Crippen molar-refractivity contribution in [3.8, 4) is 0 Å². The zero-order chi connectivity index (χ0) is 72.5. The predicted molar refractivity (Wildman–Crippen MR) is 427 cm³/mol. The molecular formula is C79H105Cl5N12O6. The van der Waals surface area contributed by atoms with Gasteiger partial charge in [0.05, 0.1) is 25.8 Å². The van der Waals surface area contributed by atoms with E-state index in [4.69, 9.17) is 58.0 Å². The van der Waals surface area contributed by atoms with E-state index in [1.54, 1.807) is 36.4 Å². The molecule has 0 aliphatic carbocycles. The van der Waals surface area contributed by atoms with Crippen LogP contribution in [-0.4, -0.2) is 178 Å². The number of hydrogen-bond acceptors (Lipinski definition) is 12. The zero-order valence-corrected chi connectivity index (χ0v) is 63.1. The third-order valence-corrected chi connectivity index (χ3v) is 18.7. The first-order valence-corrected chi connectivity index (χ1v) is 39.0. The minimum atomic E-state index is -0.0944. The van der Waals surface area contributed by atoms with Gasteiger partial charge in [-0.05, 0) is 223 Å². The molecule has 6 amide bonds. The first kappa shape index (κ1) is 82.2. The van der Waals surface area contributed by atoms with Gasteiger partial charge in [0.2, 0.25) is 35.4 Å². The fourth-order valence-electron chi connectivity index (χ4n) is 12.5. The van der Waals surface area contributed by atoms with Crippen LogP contribution in [0.5, 0.6) is 0 Å². The summed E-state index contributed by atoms with van der Waals surface area (Å²) in [6, 6.07) is 45.6. The number of anilines is 9. The number of amides is 6. The van der Waals surface area contributed by atoms with Crippen molar-refractivity contribution in [3.05, 3.63) is 162 Å². The molecule has 102 heavy (non-hydrogen) atoms. The zero-order valence-electron chi connectivity index (χ0n) is 59.3. The third kappa shape index (κ3) is 31.5. The number of rotatable bonds is 36. The van der Waals surface area contributed by atoms with Crippen molar-refractivity contribution in [2.24, 2.45) is 0 Å². The lowest BCUT2D eigenvalue weighted by Gasteiger charge is -2.26. The molecule has 552 valence electrons. The average Bonchev–Trinajstić information content (AvgIpc) is 0.918. The molecule has 3 aliphatic rings. The number of nitrogens with zero attached hydrogens (tertiary/aromatic N) is 6. The van der Waals surface area contributed by atoms with E-state index < -0.39 is 0 Å². The molecule has 0 bridgehead atoms. The second-order valence-corrected chi connectivity index (χ2v) is 27.8. The van der Waals surface area contributed by atoms with Crippen LogP contribution in [0.4, 0.5) is 51.2 Å². The lowest BCUT2D eigenvalue weighted by Crippen LogP contribution is -2.36. The van der Waals surface area contributed by atoms with E-state index in [0.717, 1.165) is 168 Å². The molecule has 6 aromatic carbocycles. The van der Waals surface area contributed by atoms with E-state index in [9.17, 15) is 28.8 Å². The minimum Gasteiger partial charge on any atom is -0.370 e. The number of benzene rings is 6. The molecule has 0 radical (unpaired) electrons. The molecule has 9 rings (SSSR count). The largest absolute Gasteiger partial charge is 0.370 e. The first-order chi connectivity index (χ1) is 49.7. The Kier molecular flexibility index (Phi) is 38.1. The smallest absolute Gasteiger partial charge is 0.238 e. The van der Waals surface area contributed by atoms with E-state index in [0.29, 0.717) is 72.3 Å². The summed E-state index contributed by atoms with van der Waals surface area (Å²) in [5.41, 5.74) is 10.3. The van der Waals surface area contributed by atoms with E-state index in [-0.39, 0.29) is 48.3 Å². The molecule has 0 saturated carbocycles. The Morgan fingerprint density at radius 3 is 0.882 bits per heavy atom. The van der Waals surface area contributed by atoms with Gasteiger partial charge in [-0.1, -0.05) is 62.6 Å². The number of alkyl halides is 5. The Hall–Kier alpha value is -7.13. The topological polar surface area (TPSA) is 194 Å². The summed E-state index contributed by atoms with van der Waals surface area (Å²) in [6.45, 7) is 15.5. The Labute approximate surface area is 630 Å². The van der Waals surface area contributed by atoms with E-state index in [1.165, 1.54) is 44.9 Å². The fraction of sp³-hybridized carbons (Fsp3) is 0.468. The van der Waals surface area contributed by atoms with Crippen LogP contribution in [0.3, 0.4) is 0 Å². The van der Waals surface area contributed by atoms with Gasteiger partial charge in [-0.25, -0.2) is 0 Å². The molecule has 3 heterocycles. The SMILES string of the molecule is CCCN(CCCl)c1ccc(CC(=O)Nc2ccc(NC(=O)CCCN3CCCCC3)cc2)cc1.O=C(CCN1CCCCC1)Nc1ccc(NC(=O)Cc2ccc(N(CCCl)CCCl)cc2)cc1.O=C(Cc1ccc(N(CCCl)CCCl)cc1)Nc1ccc(NC(=O)CN2CCCCC2)cc1. The molecule has 0 atom stereocenters. The maximum Gasteiger partial charge on any atom is 0.238 e. The van der Waals surface area contributed by atoms with Gasteiger partial charge in [0.1, 0.15) is 0 Å². The summed E-state index contributed by atoms with van der Waals surface area (Å²) < 4.78 is 0. The van der Waals surface area contributed by atoms with E-state index >= 15 is 0 Å². The number of piperidine rings is 3. The summed E-state index contributed by atoms with van der Waals surface area (Å²) in [7, 11) is 0. The van der Waals surface area contributed by atoms with Crippen LogP contribution in [0, 0.1) is 0 Å². The fourth-order valence-corrected chi connectivity index (χ4v) is 13.5. The first-order valence-electron chi connectivity index (χ1n) is 36.3. The monoisotopic (exact) mass is 1490 g/mol. The van der Waals surface area contributed by atoms with Crippen molar-refractivity contribution < 1.29 is 28.8 Å². The number of nitrogens with one attached hydrogen (secondary N) is 6. The second kappa shape index (κ2) is 47.3. The maximum absolute atomic E-state index is 12.5. The van der Waals surface area contributed by atoms with Crippen molar-refractivity contribution in [3.63, 3.8) is 0 Å². The van der Waals surface area contributed by atoms with Gasteiger partial charge < -0.3 is 56.4 Å². The summed E-state index contributed by atoms with van der Waals surface area (Å²) in [5.74, 6) is 2.49. The molecule has 0 aromatic heterocycles. The number of hydrogen-bond donors (Lipinski definition) is 6. The summed E-state index contributed by atoms with van der Waals surface area (Å²) in [5, 5.41) is 17.6. The second-order valence-electron chi connectivity index (χ2n) is 26.0. The van der Waals surface area contributed by atoms with Gasteiger partial charge in [-0.2, -0.15) is 0 Å². The highest BCUT2D eigenvalue weighted by atomic mass is 35.5. The highest BCUT2D eigenvalue weighted by molar-refractivity contribution is 6.19. The van der Waals surface area contributed by atoms with Crippen molar-refractivity contribution >= 4 is 145 Å². The van der Waals surface area contributed by atoms with Crippen molar-refractivity contribution in [2.75, 3.05) is 174 Å². The van der Waals surface area contributed by atoms with Crippen LogP contribution < -0.4 is 46.6 Å². The van der Waals surface area contributed by atoms with Crippen LogP contribution >= 0.6 is 58.0 Å². The summed E-state index contributed by atoms with van der Waals surface area (Å²) in [4.78, 5) is 87.7. The van der Waals surface area contributed by atoms with Crippen LogP contribution in [0.1, 0.15) is 107 Å². The molecule has 3 aliphatic heterocycles. The Morgan fingerprint density at radius 2 is 0.578 bits per heavy atom. The number of likely N-dealkylation sites (tertiary alicyclic amines) is 3. The Morgan fingerprint density at radius 1 is 0.314 bits per heavy atom.